The average molecular weight is 194 g/mol. The average Bonchev–Trinajstić information content (AvgIpc) is 2.19. The van der Waals surface area contributed by atoms with Crippen LogP contribution in [0.3, 0.4) is 0 Å². The first-order valence-corrected chi connectivity index (χ1v) is 4.21. The van der Waals surface area contributed by atoms with Gasteiger partial charge in [0.1, 0.15) is 24.2 Å². The van der Waals surface area contributed by atoms with E-state index in [1.807, 2.05) is 6.07 Å². The van der Waals surface area contributed by atoms with E-state index in [2.05, 4.69) is 5.32 Å². The van der Waals surface area contributed by atoms with Crippen LogP contribution in [0.1, 0.15) is 0 Å². The lowest BCUT2D eigenvalue weighted by Gasteiger charge is -2.09. The quantitative estimate of drug-likeness (QED) is 0.786. The van der Waals surface area contributed by atoms with Crippen molar-refractivity contribution in [3.05, 3.63) is 30.1 Å². The van der Waals surface area contributed by atoms with Crippen LogP contribution >= 0.6 is 0 Å². The van der Waals surface area contributed by atoms with E-state index in [0.29, 0.717) is 5.75 Å². The summed E-state index contributed by atoms with van der Waals surface area (Å²) < 4.78 is 17.9. The summed E-state index contributed by atoms with van der Waals surface area (Å²) in [5.41, 5.74) is 0. The first-order chi connectivity index (χ1) is 6.76. The Bertz CT molecular complexity index is 335. The highest BCUT2D eigenvalue weighted by Crippen LogP contribution is 2.11. The molecule has 1 atom stereocenters. The number of ether oxygens (including phenoxy) is 1. The molecule has 0 spiro atoms. The Morgan fingerprint density at radius 3 is 3.00 bits per heavy atom. The van der Waals surface area contributed by atoms with Crippen molar-refractivity contribution in [2.24, 2.45) is 0 Å². The van der Waals surface area contributed by atoms with Crippen LogP contribution in [0, 0.1) is 17.1 Å². The monoisotopic (exact) mass is 194 g/mol. The molecular formula is C10H11FN2O. The minimum atomic E-state index is -0.377. The number of nitrogens with zero attached hydrogens (tertiary/aromatic N) is 1. The maximum atomic E-state index is 12.7. The van der Waals surface area contributed by atoms with Gasteiger partial charge < -0.3 is 10.1 Å². The van der Waals surface area contributed by atoms with E-state index in [1.165, 1.54) is 12.1 Å². The van der Waals surface area contributed by atoms with E-state index in [-0.39, 0.29) is 18.5 Å². The zero-order chi connectivity index (χ0) is 10.4. The zero-order valence-electron chi connectivity index (χ0n) is 7.83. The molecule has 0 radical (unpaired) electrons. The number of likely N-dealkylation sites (N-methyl/N-ethyl adjacent to an activating group) is 1. The molecule has 14 heavy (non-hydrogen) atoms. The van der Waals surface area contributed by atoms with Crippen molar-refractivity contribution in [3.8, 4) is 11.8 Å². The van der Waals surface area contributed by atoms with Crippen molar-refractivity contribution in [2.45, 2.75) is 6.04 Å². The van der Waals surface area contributed by atoms with E-state index in [9.17, 15) is 4.39 Å². The Labute approximate surface area is 82.1 Å². The number of halogens is 1. The van der Waals surface area contributed by atoms with Crippen molar-refractivity contribution < 1.29 is 9.13 Å². The Hall–Kier alpha value is -1.60. The summed E-state index contributed by atoms with van der Waals surface area (Å²) >= 11 is 0. The van der Waals surface area contributed by atoms with Crippen molar-refractivity contribution in [3.63, 3.8) is 0 Å². The van der Waals surface area contributed by atoms with Gasteiger partial charge in [0.15, 0.2) is 0 Å². The van der Waals surface area contributed by atoms with E-state index < -0.39 is 0 Å². The fourth-order valence-corrected chi connectivity index (χ4v) is 0.921. The standard InChI is InChI=1S/C10H11FN2O/c1-13-9(6-12)7-14-10-4-2-3-8(11)5-10/h2-5,9,13H,7H2,1H3. The van der Waals surface area contributed by atoms with E-state index in [1.54, 1.807) is 19.2 Å². The summed E-state index contributed by atoms with van der Waals surface area (Å²) in [5.74, 6) is 0.0842. The lowest BCUT2D eigenvalue weighted by molar-refractivity contribution is 0.293. The van der Waals surface area contributed by atoms with E-state index in [0.717, 1.165) is 0 Å². The molecule has 0 saturated heterocycles. The Morgan fingerprint density at radius 1 is 1.64 bits per heavy atom. The topological polar surface area (TPSA) is 45.0 Å². The molecule has 0 aliphatic heterocycles. The van der Waals surface area contributed by atoms with Crippen molar-refractivity contribution in [1.29, 1.82) is 5.26 Å². The third kappa shape index (κ3) is 3.04. The second-order valence-electron chi connectivity index (χ2n) is 2.74. The molecule has 0 aliphatic rings. The van der Waals surface area contributed by atoms with Crippen molar-refractivity contribution >= 4 is 0 Å². The van der Waals surface area contributed by atoms with Crippen LogP contribution in [0.25, 0.3) is 0 Å². The fraction of sp³-hybridized carbons (Fsp3) is 0.300. The molecule has 74 valence electrons. The molecule has 0 fully saturated rings. The van der Waals surface area contributed by atoms with Gasteiger partial charge >= 0.3 is 0 Å². The number of nitriles is 1. The van der Waals surface area contributed by atoms with Crippen LogP contribution in [0.2, 0.25) is 0 Å². The molecule has 3 nitrogen and oxygen atoms in total. The van der Waals surface area contributed by atoms with Crippen LogP contribution in [0.15, 0.2) is 24.3 Å². The summed E-state index contributed by atoms with van der Waals surface area (Å²) in [6, 6.07) is 7.46. The molecule has 0 saturated carbocycles. The highest BCUT2D eigenvalue weighted by Gasteiger charge is 2.04. The molecule has 0 aliphatic carbocycles. The predicted octanol–water partition coefficient (Wildman–Crippen LogP) is 1.32. The van der Waals surface area contributed by atoms with E-state index in [4.69, 9.17) is 10.00 Å². The van der Waals surface area contributed by atoms with E-state index >= 15 is 0 Å². The minimum absolute atomic E-state index is 0.205. The highest BCUT2D eigenvalue weighted by molar-refractivity contribution is 5.22. The normalized spacial score (nSPS) is 11.8. The van der Waals surface area contributed by atoms with Gasteiger partial charge in [-0.2, -0.15) is 5.26 Å². The molecular weight excluding hydrogens is 183 g/mol. The number of benzene rings is 1. The molecule has 1 unspecified atom stereocenters. The minimum Gasteiger partial charge on any atom is -0.491 e. The Balaban J connectivity index is 2.50. The summed E-state index contributed by atoms with van der Waals surface area (Å²) in [5, 5.41) is 11.3. The summed E-state index contributed by atoms with van der Waals surface area (Å²) in [6.45, 7) is 0.205. The maximum Gasteiger partial charge on any atom is 0.129 e. The van der Waals surface area contributed by atoms with Crippen LogP contribution in [-0.2, 0) is 0 Å². The summed E-state index contributed by atoms with van der Waals surface area (Å²) in [6.07, 6.45) is 0. The predicted molar refractivity (Wildman–Crippen MR) is 50.4 cm³/mol. The summed E-state index contributed by atoms with van der Waals surface area (Å²) in [4.78, 5) is 0. The molecule has 0 heterocycles. The maximum absolute atomic E-state index is 12.7. The number of rotatable bonds is 4. The summed E-state index contributed by atoms with van der Waals surface area (Å²) in [7, 11) is 1.67. The first-order valence-electron chi connectivity index (χ1n) is 4.21. The molecule has 1 rings (SSSR count). The SMILES string of the molecule is CNC(C#N)COc1cccc(F)c1. The Kier molecular flexibility index (Phi) is 3.89. The second kappa shape index (κ2) is 5.20. The third-order valence-corrected chi connectivity index (χ3v) is 1.72. The molecule has 4 heteroatoms. The van der Waals surface area contributed by atoms with Crippen LogP contribution < -0.4 is 10.1 Å². The number of nitrogens with one attached hydrogen (secondary N) is 1. The molecule has 0 aromatic heterocycles. The highest BCUT2D eigenvalue weighted by atomic mass is 19.1. The first kappa shape index (κ1) is 10.5. The molecule has 0 amide bonds. The van der Waals surface area contributed by atoms with Crippen molar-refractivity contribution in [2.75, 3.05) is 13.7 Å². The van der Waals surface area contributed by atoms with Crippen molar-refractivity contribution in [1.82, 2.24) is 5.32 Å². The van der Waals surface area contributed by atoms with Gasteiger partial charge in [0.25, 0.3) is 0 Å². The lowest BCUT2D eigenvalue weighted by Crippen LogP contribution is -2.29. The number of hydrogen-bond donors (Lipinski definition) is 1. The van der Waals surface area contributed by atoms with Gasteiger partial charge in [0, 0.05) is 6.07 Å². The zero-order valence-corrected chi connectivity index (χ0v) is 7.83. The molecule has 1 aromatic rings. The van der Waals surface area contributed by atoms with Gasteiger partial charge in [-0.3, -0.25) is 0 Å². The van der Waals surface area contributed by atoms with Crippen LogP contribution in [-0.4, -0.2) is 19.7 Å². The molecule has 1 aromatic carbocycles. The van der Waals surface area contributed by atoms with Gasteiger partial charge in [0.05, 0.1) is 6.07 Å². The number of hydrogen-bond acceptors (Lipinski definition) is 3. The van der Waals surface area contributed by atoms with Gasteiger partial charge in [-0.1, -0.05) is 6.07 Å². The van der Waals surface area contributed by atoms with Gasteiger partial charge in [-0.05, 0) is 19.2 Å². The molecule has 0 bridgehead atoms. The van der Waals surface area contributed by atoms with Gasteiger partial charge in [0.2, 0.25) is 0 Å². The second-order valence-corrected chi connectivity index (χ2v) is 2.74. The fourth-order valence-electron chi connectivity index (χ4n) is 0.921. The smallest absolute Gasteiger partial charge is 0.129 e. The van der Waals surface area contributed by atoms with Crippen LogP contribution in [0.4, 0.5) is 4.39 Å². The largest absolute Gasteiger partial charge is 0.491 e. The van der Waals surface area contributed by atoms with Gasteiger partial charge in [-0.15, -0.1) is 0 Å². The van der Waals surface area contributed by atoms with Gasteiger partial charge in [-0.25, -0.2) is 4.39 Å². The lowest BCUT2D eigenvalue weighted by atomic mass is 10.3. The Morgan fingerprint density at radius 2 is 2.43 bits per heavy atom. The molecule has 1 N–H and O–H groups in total. The van der Waals surface area contributed by atoms with Crippen LogP contribution in [0.5, 0.6) is 5.75 Å². The third-order valence-electron chi connectivity index (χ3n) is 1.72.